The first-order valence-corrected chi connectivity index (χ1v) is 8.50. The van der Waals surface area contributed by atoms with Crippen LogP contribution in [0.5, 0.6) is 5.75 Å². The van der Waals surface area contributed by atoms with Crippen molar-refractivity contribution in [2.24, 2.45) is 0 Å². The van der Waals surface area contributed by atoms with Crippen LogP contribution in [0.15, 0.2) is 24.3 Å². The minimum absolute atomic E-state index is 0.229. The second-order valence-corrected chi connectivity index (χ2v) is 6.49. The third-order valence-electron chi connectivity index (χ3n) is 4.02. The van der Waals surface area contributed by atoms with Crippen LogP contribution in [-0.2, 0) is 6.54 Å². The summed E-state index contributed by atoms with van der Waals surface area (Å²) in [5.41, 5.74) is 1.29. The van der Waals surface area contributed by atoms with Crippen molar-refractivity contribution in [3.8, 4) is 5.75 Å². The van der Waals surface area contributed by atoms with Gasteiger partial charge in [-0.25, -0.2) is 0 Å². The van der Waals surface area contributed by atoms with E-state index in [1.807, 2.05) is 6.07 Å². The standard InChI is InChI=1S/C18H31N3O/c1-16(2)22-18-7-4-6-17(14-18)15-19-8-5-9-21-12-10-20(3)11-13-21/h4,6-7,14,16,19H,5,8-13,15H2,1-3H3. The van der Waals surface area contributed by atoms with Crippen molar-refractivity contribution in [1.82, 2.24) is 15.1 Å². The lowest BCUT2D eigenvalue weighted by Crippen LogP contribution is -2.45. The number of hydrogen-bond donors (Lipinski definition) is 1. The molecule has 22 heavy (non-hydrogen) atoms. The van der Waals surface area contributed by atoms with E-state index in [2.05, 4.69) is 54.2 Å². The molecule has 1 aliphatic rings. The Labute approximate surface area is 135 Å². The summed E-state index contributed by atoms with van der Waals surface area (Å²) < 4.78 is 5.73. The summed E-state index contributed by atoms with van der Waals surface area (Å²) in [6.07, 6.45) is 1.44. The Bertz CT molecular complexity index is 428. The van der Waals surface area contributed by atoms with Gasteiger partial charge in [-0.05, 0) is 58.1 Å². The molecule has 1 aromatic rings. The number of ether oxygens (including phenoxy) is 1. The third-order valence-corrected chi connectivity index (χ3v) is 4.02. The van der Waals surface area contributed by atoms with Crippen LogP contribution >= 0.6 is 0 Å². The Balaban J connectivity index is 1.60. The first kappa shape index (κ1) is 17.3. The van der Waals surface area contributed by atoms with Crippen LogP contribution in [0.25, 0.3) is 0 Å². The summed E-state index contributed by atoms with van der Waals surface area (Å²) in [7, 11) is 2.20. The molecular formula is C18H31N3O. The number of rotatable bonds is 8. The van der Waals surface area contributed by atoms with Gasteiger partial charge in [-0.2, -0.15) is 0 Å². The zero-order chi connectivity index (χ0) is 15.8. The molecule has 0 bridgehead atoms. The summed E-state index contributed by atoms with van der Waals surface area (Å²) in [6, 6.07) is 8.38. The monoisotopic (exact) mass is 305 g/mol. The second-order valence-electron chi connectivity index (χ2n) is 6.49. The smallest absolute Gasteiger partial charge is 0.120 e. The van der Waals surface area contributed by atoms with Gasteiger partial charge in [0.2, 0.25) is 0 Å². The van der Waals surface area contributed by atoms with Crippen molar-refractivity contribution in [3.63, 3.8) is 0 Å². The molecule has 0 saturated carbocycles. The highest BCUT2D eigenvalue weighted by molar-refractivity contribution is 5.28. The van der Waals surface area contributed by atoms with Crippen LogP contribution < -0.4 is 10.1 Å². The molecule has 1 aromatic carbocycles. The molecule has 1 N–H and O–H groups in total. The Morgan fingerprint density at radius 2 is 1.95 bits per heavy atom. The Kier molecular flexibility index (Phi) is 7.16. The topological polar surface area (TPSA) is 27.7 Å². The van der Waals surface area contributed by atoms with Crippen LogP contribution in [0.3, 0.4) is 0 Å². The van der Waals surface area contributed by atoms with Crippen molar-refractivity contribution in [3.05, 3.63) is 29.8 Å². The summed E-state index contributed by atoms with van der Waals surface area (Å²) in [4.78, 5) is 4.97. The highest BCUT2D eigenvalue weighted by Gasteiger charge is 2.12. The van der Waals surface area contributed by atoms with Gasteiger partial charge in [-0.1, -0.05) is 12.1 Å². The summed E-state index contributed by atoms with van der Waals surface area (Å²) in [5, 5.41) is 3.54. The van der Waals surface area contributed by atoms with E-state index in [0.717, 1.165) is 18.8 Å². The third kappa shape index (κ3) is 6.34. The van der Waals surface area contributed by atoms with Gasteiger partial charge in [-0.15, -0.1) is 0 Å². The number of piperazine rings is 1. The molecule has 1 fully saturated rings. The fraction of sp³-hybridized carbons (Fsp3) is 0.667. The van der Waals surface area contributed by atoms with Gasteiger partial charge in [0.1, 0.15) is 5.75 Å². The molecule has 0 aliphatic carbocycles. The molecule has 0 spiro atoms. The maximum absolute atomic E-state index is 5.73. The summed E-state index contributed by atoms with van der Waals surface area (Å²) in [6.45, 7) is 12.1. The number of nitrogens with zero attached hydrogens (tertiary/aromatic N) is 2. The average Bonchev–Trinajstić information content (AvgIpc) is 2.48. The van der Waals surface area contributed by atoms with Crippen LogP contribution in [0.1, 0.15) is 25.8 Å². The SMILES string of the molecule is CC(C)Oc1cccc(CNCCCN2CCN(C)CC2)c1. The Morgan fingerprint density at radius 3 is 2.68 bits per heavy atom. The van der Waals surface area contributed by atoms with Crippen molar-refractivity contribution >= 4 is 0 Å². The van der Waals surface area contributed by atoms with Gasteiger partial charge in [0.05, 0.1) is 6.10 Å². The van der Waals surface area contributed by atoms with Crippen LogP contribution in [-0.4, -0.2) is 62.2 Å². The molecule has 0 radical (unpaired) electrons. The van der Waals surface area contributed by atoms with Crippen LogP contribution in [0.2, 0.25) is 0 Å². The second kappa shape index (κ2) is 9.13. The van der Waals surface area contributed by atoms with Gasteiger partial charge < -0.3 is 19.9 Å². The van der Waals surface area contributed by atoms with Gasteiger partial charge in [0, 0.05) is 32.7 Å². The largest absolute Gasteiger partial charge is 0.491 e. The summed E-state index contributed by atoms with van der Waals surface area (Å²) in [5.74, 6) is 0.965. The number of hydrogen-bond acceptors (Lipinski definition) is 4. The number of nitrogens with one attached hydrogen (secondary N) is 1. The van der Waals surface area contributed by atoms with Crippen LogP contribution in [0.4, 0.5) is 0 Å². The molecule has 1 heterocycles. The van der Waals surface area contributed by atoms with E-state index in [1.54, 1.807) is 0 Å². The maximum atomic E-state index is 5.73. The first-order chi connectivity index (χ1) is 10.6. The van der Waals surface area contributed by atoms with Crippen molar-refractivity contribution in [2.75, 3.05) is 46.3 Å². The molecular weight excluding hydrogens is 274 g/mol. The fourth-order valence-electron chi connectivity index (χ4n) is 2.73. The van der Waals surface area contributed by atoms with Gasteiger partial charge >= 0.3 is 0 Å². The van der Waals surface area contributed by atoms with Crippen molar-refractivity contribution in [2.45, 2.75) is 32.9 Å². The van der Waals surface area contributed by atoms with Crippen molar-refractivity contribution in [1.29, 1.82) is 0 Å². The minimum atomic E-state index is 0.229. The lowest BCUT2D eigenvalue weighted by atomic mass is 10.2. The zero-order valence-electron chi connectivity index (χ0n) is 14.3. The highest BCUT2D eigenvalue weighted by Crippen LogP contribution is 2.14. The molecule has 4 heteroatoms. The van der Waals surface area contributed by atoms with E-state index in [-0.39, 0.29) is 6.10 Å². The fourth-order valence-corrected chi connectivity index (χ4v) is 2.73. The maximum Gasteiger partial charge on any atom is 0.120 e. The Hall–Kier alpha value is -1.10. The van der Waals surface area contributed by atoms with Crippen LogP contribution in [0, 0.1) is 0 Å². The zero-order valence-corrected chi connectivity index (χ0v) is 14.3. The lowest BCUT2D eigenvalue weighted by Gasteiger charge is -2.32. The van der Waals surface area contributed by atoms with Gasteiger partial charge in [0.15, 0.2) is 0 Å². The predicted molar refractivity (Wildman–Crippen MR) is 92.5 cm³/mol. The highest BCUT2D eigenvalue weighted by atomic mass is 16.5. The molecule has 1 aliphatic heterocycles. The molecule has 124 valence electrons. The van der Waals surface area contributed by atoms with E-state index >= 15 is 0 Å². The van der Waals surface area contributed by atoms with Gasteiger partial charge in [-0.3, -0.25) is 0 Å². The van der Waals surface area contributed by atoms with Gasteiger partial charge in [0.25, 0.3) is 0 Å². The molecule has 0 aromatic heterocycles. The molecule has 2 rings (SSSR count). The lowest BCUT2D eigenvalue weighted by molar-refractivity contribution is 0.153. The Morgan fingerprint density at radius 1 is 1.18 bits per heavy atom. The summed E-state index contributed by atoms with van der Waals surface area (Å²) >= 11 is 0. The molecule has 1 saturated heterocycles. The van der Waals surface area contributed by atoms with E-state index in [4.69, 9.17) is 4.74 Å². The molecule has 0 amide bonds. The minimum Gasteiger partial charge on any atom is -0.491 e. The molecule has 0 atom stereocenters. The normalized spacial score (nSPS) is 17.1. The molecule has 4 nitrogen and oxygen atoms in total. The molecule has 0 unspecified atom stereocenters. The average molecular weight is 305 g/mol. The van der Waals surface area contributed by atoms with E-state index in [0.29, 0.717) is 0 Å². The quantitative estimate of drug-likeness (QED) is 0.745. The van der Waals surface area contributed by atoms with E-state index < -0.39 is 0 Å². The van der Waals surface area contributed by atoms with E-state index in [9.17, 15) is 0 Å². The van der Waals surface area contributed by atoms with E-state index in [1.165, 1.54) is 44.7 Å². The van der Waals surface area contributed by atoms with Crippen molar-refractivity contribution < 1.29 is 4.74 Å². The number of benzene rings is 1. The number of likely N-dealkylation sites (N-methyl/N-ethyl adjacent to an activating group) is 1. The predicted octanol–water partition coefficient (Wildman–Crippen LogP) is 2.20. The first-order valence-electron chi connectivity index (χ1n) is 8.50.